The maximum atomic E-state index is 12.6. The number of carbonyl (C=O) groups is 1. The quantitative estimate of drug-likeness (QED) is 0.754. The lowest BCUT2D eigenvalue weighted by atomic mass is 9.93. The molecule has 4 heterocycles. The summed E-state index contributed by atoms with van der Waals surface area (Å²) in [6.07, 6.45) is 6.69. The van der Waals surface area contributed by atoms with Crippen LogP contribution in [0.2, 0.25) is 0 Å². The number of nitrogens with one attached hydrogen (secondary N) is 1. The summed E-state index contributed by atoms with van der Waals surface area (Å²) >= 11 is 0. The number of aryl methyl sites for hydroxylation is 1. The molecule has 0 atom stereocenters. The van der Waals surface area contributed by atoms with Crippen molar-refractivity contribution in [3.8, 4) is 0 Å². The molecule has 142 valence electrons. The zero-order chi connectivity index (χ0) is 19.3. The van der Waals surface area contributed by atoms with Crippen molar-refractivity contribution in [3.05, 3.63) is 72.1 Å². The van der Waals surface area contributed by atoms with Gasteiger partial charge < -0.3 is 10.2 Å². The Bertz CT molecular complexity index is 937. The molecule has 1 fully saturated rings. The Kier molecular flexibility index (Phi) is 5.23. The average Bonchev–Trinajstić information content (AvgIpc) is 2.75. The van der Waals surface area contributed by atoms with Crippen LogP contribution in [-0.4, -0.2) is 43.8 Å². The maximum Gasteiger partial charge on any atom is 0.274 e. The minimum Gasteiger partial charge on any atom is -0.337 e. The van der Waals surface area contributed by atoms with Crippen molar-refractivity contribution in [1.29, 1.82) is 0 Å². The first kappa shape index (κ1) is 18.0. The van der Waals surface area contributed by atoms with Crippen LogP contribution in [0, 0.1) is 6.92 Å². The number of rotatable bonds is 4. The molecule has 0 aliphatic carbocycles. The Hall–Kier alpha value is -3.35. The summed E-state index contributed by atoms with van der Waals surface area (Å²) in [5.41, 5.74) is 2.26. The Balaban J connectivity index is 1.39. The minimum atomic E-state index is -0.0514. The topological polar surface area (TPSA) is 83.9 Å². The highest BCUT2D eigenvalue weighted by atomic mass is 16.2. The molecule has 7 nitrogen and oxygen atoms in total. The fourth-order valence-electron chi connectivity index (χ4n) is 3.36. The molecular weight excluding hydrogens is 352 g/mol. The molecule has 1 N–H and O–H groups in total. The van der Waals surface area contributed by atoms with Crippen molar-refractivity contribution in [2.24, 2.45) is 0 Å². The standard InChI is InChI=1S/C21H22N6O/c1-15-13-24-18(14-23-15)21(28)27-11-8-16(9-12-27)17-5-4-7-20(25-17)26-19-6-2-3-10-22-19/h2-7,10,13-14,16H,8-9,11-12H2,1H3,(H,22,25,26). The summed E-state index contributed by atoms with van der Waals surface area (Å²) in [5.74, 6) is 1.83. The largest absolute Gasteiger partial charge is 0.337 e. The van der Waals surface area contributed by atoms with Crippen LogP contribution < -0.4 is 5.32 Å². The lowest BCUT2D eigenvalue weighted by Crippen LogP contribution is -2.38. The van der Waals surface area contributed by atoms with E-state index in [-0.39, 0.29) is 5.91 Å². The van der Waals surface area contributed by atoms with E-state index in [1.807, 2.05) is 42.2 Å². The molecule has 1 amide bonds. The van der Waals surface area contributed by atoms with Gasteiger partial charge in [-0.25, -0.2) is 15.0 Å². The predicted molar refractivity (Wildman–Crippen MR) is 106 cm³/mol. The lowest BCUT2D eigenvalue weighted by Gasteiger charge is -2.31. The van der Waals surface area contributed by atoms with E-state index in [2.05, 4.69) is 26.3 Å². The number of hydrogen-bond donors (Lipinski definition) is 1. The van der Waals surface area contributed by atoms with Crippen LogP contribution in [0.1, 0.15) is 40.6 Å². The molecule has 0 aromatic carbocycles. The number of hydrogen-bond acceptors (Lipinski definition) is 6. The van der Waals surface area contributed by atoms with Gasteiger partial charge in [-0.3, -0.25) is 9.78 Å². The second-order valence-electron chi connectivity index (χ2n) is 6.90. The van der Waals surface area contributed by atoms with E-state index in [0.717, 1.165) is 35.9 Å². The molecule has 3 aromatic heterocycles. The highest BCUT2D eigenvalue weighted by Gasteiger charge is 2.26. The Morgan fingerprint density at radius 3 is 2.54 bits per heavy atom. The van der Waals surface area contributed by atoms with Crippen LogP contribution >= 0.6 is 0 Å². The van der Waals surface area contributed by atoms with Crippen LogP contribution in [0.4, 0.5) is 11.6 Å². The fraction of sp³-hybridized carbons (Fsp3) is 0.286. The molecule has 1 saturated heterocycles. The number of likely N-dealkylation sites (tertiary alicyclic amines) is 1. The molecule has 1 aliphatic heterocycles. The molecule has 0 radical (unpaired) electrons. The Labute approximate surface area is 163 Å². The number of piperidine rings is 1. The monoisotopic (exact) mass is 374 g/mol. The summed E-state index contributed by atoms with van der Waals surface area (Å²) in [6, 6.07) is 11.7. The zero-order valence-electron chi connectivity index (χ0n) is 15.7. The number of aromatic nitrogens is 4. The van der Waals surface area contributed by atoms with Crippen LogP contribution in [-0.2, 0) is 0 Å². The SMILES string of the molecule is Cc1cnc(C(=O)N2CCC(c3cccc(Nc4ccccn4)n3)CC2)cn1. The summed E-state index contributed by atoms with van der Waals surface area (Å²) in [7, 11) is 0. The van der Waals surface area contributed by atoms with Gasteiger partial charge in [0.25, 0.3) is 5.91 Å². The van der Waals surface area contributed by atoms with Gasteiger partial charge in [0.2, 0.25) is 0 Å². The Morgan fingerprint density at radius 2 is 1.82 bits per heavy atom. The van der Waals surface area contributed by atoms with E-state index in [9.17, 15) is 4.79 Å². The van der Waals surface area contributed by atoms with Gasteiger partial charge in [0.1, 0.15) is 17.3 Å². The van der Waals surface area contributed by atoms with Gasteiger partial charge in [-0.2, -0.15) is 0 Å². The van der Waals surface area contributed by atoms with Gasteiger partial charge >= 0.3 is 0 Å². The average molecular weight is 374 g/mol. The van der Waals surface area contributed by atoms with Gasteiger partial charge in [-0.1, -0.05) is 12.1 Å². The fourth-order valence-corrected chi connectivity index (χ4v) is 3.36. The molecule has 28 heavy (non-hydrogen) atoms. The number of pyridine rings is 2. The van der Waals surface area contributed by atoms with Crippen molar-refractivity contribution in [2.45, 2.75) is 25.7 Å². The van der Waals surface area contributed by atoms with Crippen LogP contribution in [0.3, 0.4) is 0 Å². The Morgan fingerprint density at radius 1 is 1.00 bits per heavy atom. The van der Waals surface area contributed by atoms with E-state index in [0.29, 0.717) is 24.7 Å². The summed E-state index contributed by atoms with van der Waals surface area (Å²) in [5, 5.41) is 3.23. The summed E-state index contributed by atoms with van der Waals surface area (Å²) in [4.78, 5) is 31.9. The second kappa shape index (κ2) is 8.12. The molecule has 0 spiro atoms. The van der Waals surface area contributed by atoms with E-state index in [1.54, 1.807) is 18.6 Å². The van der Waals surface area contributed by atoms with Crippen molar-refractivity contribution in [1.82, 2.24) is 24.8 Å². The molecule has 1 aliphatic rings. The molecule has 0 saturated carbocycles. The number of anilines is 2. The number of amides is 1. The van der Waals surface area contributed by atoms with Crippen molar-refractivity contribution in [2.75, 3.05) is 18.4 Å². The third kappa shape index (κ3) is 4.14. The van der Waals surface area contributed by atoms with Gasteiger partial charge in [-0.05, 0) is 44.0 Å². The number of carbonyl (C=O) groups excluding carboxylic acids is 1. The summed E-state index contributed by atoms with van der Waals surface area (Å²) < 4.78 is 0. The molecule has 0 unspecified atom stereocenters. The van der Waals surface area contributed by atoms with E-state index >= 15 is 0 Å². The molecular formula is C21H22N6O. The molecule has 4 rings (SSSR count). The maximum absolute atomic E-state index is 12.6. The van der Waals surface area contributed by atoms with Gasteiger partial charge in [-0.15, -0.1) is 0 Å². The predicted octanol–water partition coefficient (Wildman–Crippen LogP) is 3.34. The third-order valence-electron chi connectivity index (χ3n) is 4.89. The second-order valence-corrected chi connectivity index (χ2v) is 6.90. The normalized spacial score (nSPS) is 14.7. The van der Waals surface area contributed by atoms with Crippen molar-refractivity contribution < 1.29 is 4.79 Å². The minimum absolute atomic E-state index is 0.0514. The van der Waals surface area contributed by atoms with Crippen LogP contribution in [0.5, 0.6) is 0 Å². The molecule has 3 aromatic rings. The van der Waals surface area contributed by atoms with Crippen molar-refractivity contribution >= 4 is 17.5 Å². The van der Waals surface area contributed by atoms with E-state index in [4.69, 9.17) is 4.98 Å². The van der Waals surface area contributed by atoms with E-state index in [1.165, 1.54) is 0 Å². The smallest absolute Gasteiger partial charge is 0.274 e. The van der Waals surface area contributed by atoms with Gasteiger partial charge in [0, 0.05) is 37.1 Å². The zero-order valence-corrected chi connectivity index (χ0v) is 15.7. The lowest BCUT2D eigenvalue weighted by molar-refractivity contribution is 0.0705. The van der Waals surface area contributed by atoms with Gasteiger partial charge in [0.15, 0.2) is 0 Å². The first-order chi connectivity index (χ1) is 13.7. The number of nitrogens with zero attached hydrogens (tertiary/aromatic N) is 5. The highest BCUT2D eigenvalue weighted by molar-refractivity contribution is 5.92. The molecule has 0 bridgehead atoms. The van der Waals surface area contributed by atoms with E-state index < -0.39 is 0 Å². The van der Waals surface area contributed by atoms with Gasteiger partial charge in [0.05, 0.1) is 11.9 Å². The highest BCUT2D eigenvalue weighted by Crippen LogP contribution is 2.28. The van der Waals surface area contributed by atoms with Crippen molar-refractivity contribution in [3.63, 3.8) is 0 Å². The van der Waals surface area contributed by atoms with Crippen LogP contribution in [0.15, 0.2) is 55.0 Å². The molecule has 7 heteroatoms. The third-order valence-corrected chi connectivity index (χ3v) is 4.89. The van der Waals surface area contributed by atoms with Crippen LogP contribution in [0.25, 0.3) is 0 Å². The summed E-state index contributed by atoms with van der Waals surface area (Å²) in [6.45, 7) is 3.24. The first-order valence-electron chi connectivity index (χ1n) is 9.42. The first-order valence-corrected chi connectivity index (χ1v) is 9.42.